The molecule has 1 aromatic carbocycles. The van der Waals surface area contributed by atoms with E-state index >= 15 is 0 Å². The molecule has 0 heterocycles. The number of likely N-dealkylation sites (N-methyl/N-ethyl adjacent to an activating group) is 1. The highest BCUT2D eigenvalue weighted by Gasteiger charge is 2.19. The van der Waals surface area contributed by atoms with E-state index in [1.54, 1.807) is 0 Å². The van der Waals surface area contributed by atoms with Crippen molar-refractivity contribution in [2.45, 2.75) is 58.6 Å². The predicted octanol–water partition coefficient (Wildman–Crippen LogP) is 3.41. The van der Waals surface area contributed by atoms with Crippen molar-refractivity contribution in [2.75, 3.05) is 6.54 Å². The number of benzene rings is 1. The molecule has 0 spiro atoms. The van der Waals surface area contributed by atoms with Crippen LogP contribution in [0.2, 0.25) is 0 Å². The zero-order valence-corrected chi connectivity index (χ0v) is 12.3. The van der Waals surface area contributed by atoms with Crippen molar-refractivity contribution in [1.82, 2.24) is 5.32 Å². The van der Waals surface area contributed by atoms with Crippen LogP contribution in [0.15, 0.2) is 24.3 Å². The Kier molecular flexibility index (Phi) is 5.36. The normalized spacial score (nSPS) is 15.4. The van der Waals surface area contributed by atoms with Crippen LogP contribution in [0.3, 0.4) is 0 Å². The van der Waals surface area contributed by atoms with Crippen LogP contribution in [-0.2, 0) is 5.41 Å². The fourth-order valence-electron chi connectivity index (χ4n) is 2.15. The molecule has 1 aromatic rings. The zero-order chi connectivity index (χ0) is 13.8. The van der Waals surface area contributed by atoms with E-state index in [-0.39, 0.29) is 11.5 Å². The number of hydrogen-bond acceptors (Lipinski definition) is 2. The van der Waals surface area contributed by atoms with Gasteiger partial charge in [0.25, 0.3) is 0 Å². The van der Waals surface area contributed by atoms with Crippen LogP contribution in [0.1, 0.15) is 58.3 Å². The summed E-state index contributed by atoms with van der Waals surface area (Å²) in [5, 5.41) is 13.7. The SMILES string of the molecule is CCNC(CC)C(O)c1ccc(C(C)(C)C)cc1. The number of rotatable bonds is 5. The fraction of sp³-hybridized carbons (Fsp3) is 0.625. The van der Waals surface area contributed by atoms with Crippen molar-refractivity contribution >= 4 is 0 Å². The molecular weight excluding hydrogens is 222 g/mol. The Morgan fingerprint density at radius 1 is 1.11 bits per heavy atom. The summed E-state index contributed by atoms with van der Waals surface area (Å²) in [6.07, 6.45) is 0.500. The van der Waals surface area contributed by atoms with Crippen molar-refractivity contribution < 1.29 is 5.11 Å². The molecule has 0 radical (unpaired) electrons. The van der Waals surface area contributed by atoms with Crippen LogP contribution in [0.5, 0.6) is 0 Å². The van der Waals surface area contributed by atoms with E-state index in [1.165, 1.54) is 5.56 Å². The fourth-order valence-corrected chi connectivity index (χ4v) is 2.15. The van der Waals surface area contributed by atoms with E-state index in [0.717, 1.165) is 18.5 Å². The molecule has 2 unspecified atom stereocenters. The lowest BCUT2D eigenvalue weighted by Crippen LogP contribution is -2.34. The molecule has 2 heteroatoms. The number of hydrogen-bond donors (Lipinski definition) is 2. The topological polar surface area (TPSA) is 32.3 Å². The molecule has 2 atom stereocenters. The second-order valence-corrected chi connectivity index (χ2v) is 5.89. The lowest BCUT2D eigenvalue weighted by Gasteiger charge is -2.24. The van der Waals surface area contributed by atoms with Gasteiger partial charge in [0.1, 0.15) is 0 Å². The van der Waals surface area contributed by atoms with Crippen LogP contribution < -0.4 is 5.32 Å². The largest absolute Gasteiger partial charge is 0.387 e. The number of aliphatic hydroxyl groups is 1. The molecule has 0 aliphatic carbocycles. The number of nitrogens with one attached hydrogen (secondary N) is 1. The lowest BCUT2D eigenvalue weighted by atomic mass is 9.86. The van der Waals surface area contributed by atoms with Crippen molar-refractivity contribution in [1.29, 1.82) is 0 Å². The van der Waals surface area contributed by atoms with Gasteiger partial charge in [-0.15, -0.1) is 0 Å². The third-order valence-electron chi connectivity index (χ3n) is 3.41. The smallest absolute Gasteiger partial charge is 0.0942 e. The van der Waals surface area contributed by atoms with Gasteiger partial charge in [-0.25, -0.2) is 0 Å². The van der Waals surface area contributed by atoms with E-state index in [2.05, 4.69) is 52.1 Å². The van der Waals surface area contributed by atoms with Gasteiger partial charge < -0.3 is 10.4 Å². The van der Waals surface area contributed by atoms with Gasteiger partial charge in [-0.05, 0) is 29.5 Å². The van der Waals surface area contributed by atoms with Gasteiger partial charge in [-0.3, -0.25) is 0 Å². The Balaban J connectivity index is 2.84. The van der Waals surface area contributed by atoms with Gasteiger partial charge in [0, 0.05) is 6.04 Å². The zero-order valence-electron chi connectivity index (χ0n) is 12.3. The van der Waals surface area contributed by atoms with E-state index < -0.39 is 6.10 Å². The van der Waals surface area contributed by atoms with Crippen molar-refractivity contribution in [3.8, 4) is 0 Å². The molecule has 18 heavy (non-hydrogen) atoms. The molecule has 0 amide bonds. The first-order valence-corrected chi connectivity index (χ1v) is 6.92. The molecule has 0 saturated carbocycles. The quantitative estimate of drug-likeness (QED) is 0.838. The highest BCUT2D eigenvalue weighted by atomic mass is 16.3. The van der Waals surface area contributed by atoms with Gasteiger partial charge in [0.05, 0.1) is 6.10 Å². The summed E-state index contributed by atoms with van der Waals surface area (Å²) in [7, 11) is 0. The van der Waals surface area contributed by atoms with Crippen LogP contribution in [0.25, 0.3) is 0 Å². The molecule has 0 saturated heterocycles. The first kappa shape index (κ1) is 15.2. The molecule has 0 bridgehead atoms. The van der Waals surface area contributed by atoms with Gasteiger partial charge in [0.2, 0.25) is 0 Å². The summed E-state index contributed by atoms with van der Waals surface area (Å²) in [5.74, 6) is 0. The number of aliphatic hydroxyl groups excluding tert-OH is 1. The van der Waals surface area contributed by atoms with Crippen LogP contribution in [-0.4, -0.2) is 17.7 Å². The van der Waals surface area contributed by atoms with E-state index in [0.29, 0.717) is 0 Å². The molecule has 0 fully saturated rings. The van der Waals surface area contributed by atoms with Crippen LogP contribution in [0.4, 0.5) is 0 Å². The Morgan fingerprint density at radius 2 is 1.67 bits per heavy atom. The summed E-state index contributed by atoms with van der Waals surface area (Å²) in [5.41, 5.74) is 2.46. The third-order valence-corrected chi connectivity index (χ3v) is 3.41. The van der Waals surface area contributed by atoms with E-state index in [9.17, 15) is 5.11 Å². The van der Waals surface area contributed by atoms with Crippen molar-refractivity contribution in [2.24, 2.45) is 0 Å². The molecule has 1 rings (SSSR count). The molecule has 0 aliphatic rings. The average molecular weight is 249 g/mol. The molecular formula is C16H27NO. The molecule has 2 N–H and O–H groups in total. The summed E-state index contributed by atoms with van der Waals surface area (Å²) in [4.78, 5) is 0. The monoisotopic (exact) mass is 249 g/mol. The summed E-state index contributed by atoms with van der Waals surface area (Å²) >= 11 is 0. The average Bonchev–Trinajstić information content (AvgIpc) is 2.34. The lowest BCUT2D eigenvalue weighted by molar-refractivity contribution is 0.127. The Labute approximate surface area is 111 Å². The van der Waals surface area contributed by atoms with Gasteiger partial charge in [0.15, 0.2) is 0 Å². The second kappa shape index (κ2) is 6.35. The second-order valence-electron chi connectivity index (χ2n) is 5.89. The van der Waals surface area contributed by atoms with Gasteiger partial charge in [-0.2, -0.15) is 0 Å². The minimum absolute atomic E-state index is 0.135. The molecule has 0 aliphatic heterocycles. The highest BCUT2D eigenvalue weighted by Crippen LogP contribution is 2.25. The maximum atomic E-state index is 10.3. The third kappa shape index (κ3) is 3.82. The van der Waals surface area contributed by atoms with Gasteiger partial charge in [-0.1, -0.05) is 58.9 Å². The molecule has 2 nitrogen and oxygen atoms in total. The standard InChI is InChI=1S/C16H27NO/c1-6-14(17-7-2)15(18)12-8-10-13(11-9-12)16(3,4)5/h8-11,14-15,17-18H,6-7H2,1-5H3. The van der Waals surface area contributed by atoms with Crippen LogP contribution in [0, 0.1) is 0 Å². The van der Waals surface area contributed by atoms with E-state index in [1.807, 2.05) is 12.1 Å². The van der Waals surface area contributed by atoms with Crippen molar-refractivity contribution in [3.05, 3.63) is 35.4 Å². The minimum Gasteiger partial charge on any atom is -0.387 e. The van der Waals surface area contributed by atoms with Crippen LogP contribution >= 0.6 is 0 Å². The maximum Gasteiger partial charge on any atom is 0.0942 e. The summed E-state index contributed by atoms with van der Waals surface area (Å²) in [6.45, 7) is 11.7. The summed E-state index contributed by atoms with van der Waals surface area (Å²) in [6, 6.07) is 8.47. The van der Waals surface area contributed by atoms with Crippen molar-refractivity contribution in [3.63, 3.8) is 0 Å². The highest BCUT2D eigenvalue weighted by molar-refractivity contribution is 5.29. The first-order chi connectivity index (χ1) is 8.40. The minimum atomic E-state index is -0.427. The maximum absolute atomic E-state index is 10.3. The predicted molar refractivity (Wildman–Crippen MR) is 77.9 cm³/mol. The Hall–Kier alpha value is -0.860. The van der Waals surface area contributed by atoms with E-state index in [4.69, 9.17) is 0 Å². The first-order valence-electron chi connectivity index (χ1n) is 6.92. The molecule has 102 valence electrons. The summed E-state index contributed by atoms with van der Waals surface area (Å²) < 4.78 is 0. The Bertz CT molecular complexity index is 350. The molecule has 0 aromatic heterocycles. The van der Waals surface area contributed by atoms with Gasteiger partial charge >= 0.3 is 0 Å². The Morgan fingerprint density at radius 3 is 2.06 bits per heavy atom.